The summed E-state index contributed by atoms with van der Waals surface area (Å²) >= 11 is 5.41. The summed E-state index contributed by atoms with van der Waals surface area (Å²) in [5.41, 5.74) is 1.21. The third-order valence-electron chi connectivity index (χ3n) is 1.83. The number of thioether (sulfide) groups is 1. The molecule has 0 atom stereocenters. The predicted octanol–water partition coefficient (Wildman–Crippen LogP) is 2.35. The molecule has 0 amide bonds. The van der Waals surface area contributed by atoms with Crippen LogP contribution in [0.1, 0.15) is 0 Å². The van der Waals surface area contributed by atoms with Gasteiger partial charge in [0, 0.05) is 18.5 Å². The van der Waals surface area contributed by atoms with Crippen molar-refractivity contribution in [3.05, 3.63) is 22.9 Å². The third-order valence-corrected chi connectivity index (χ3v) is 3.41. The van der Waals surface area contributed by atoms with Gasteiger partial charge in [-0.25, -0.2) is 4.98 Å². The molecule has 1 aromatic rings. The summed E-state index contributed by atoms with van der Waals surface area (Å²) in [6.45, 7) is 1.13. The van der Waals surface area contributed by atoms with Crippen LogP contribution in [0.2, 0.25) is 0 Å². The largest absolute Gasteiger partial charge is 0.359 e. The summed E-state index contributed by atoms with van der Waals surface area (Å²) in [4.78, 5) is 6.52. The number of hydrogen-bond acceptors (Lipinski definition) is 3. The fourth-order valence-electron chi connectivity index (χ4n) is 1.22. The Hall–Kier alpha value is -0.220. The zero-order chi connectivity index (χ0) is 8.39. The second-order valence-electron chi connectivity index (χ2n) is 2.61. The van der Waals surface area contributed by atoms with Crippen molar-refractivity contribution in [2.24, 2.45) is 0 Å². The van der Waals surface area contributed by atoms with Crippen molar-refractivity contribution in [2.45, 2.75) is 0 Å². The maximum absolute atomic E-state index is 4.19. The van der Waals surface area contributed by atoms with E-state index in [0.29, 0.717) is 0 Å². The Balaban J connectivity index is 2.26. The third kappa shape index (κ3) is 1.59. The second-order valence-corrected chi connectivity index (χ2v) is 4.44. The van der Waals surface area contributed by atoms with Crippen LogP contribution in [-0.4, -0.2) is 23.2 Å². The lowest BCUT2D eigenvalue weighted by molar-refractivity contribution is 0.978. The van der Waals surface area contributed by atoms with Crippen molar-refractivity contribution in [3.8, 4) is 0 Å². The number of hydrogen-bond donors (Lipinski definition) is 0. The summed E-state index contributed by atoms with van der Waals surface area (Å²) in [5, 5.41) is 0. The van der Waals surface area contributed by atoms with E-state index in [-0.39, 0.29) is 0 Å². The average Bonchev–Trinajstić information content (AvgIpc) is 2.57. The number of aromatic nitrogens is 1. The smallest absolute Gasteiger partial charge is 0.129 e. The molecule has 1 aromatic heterocycles. The molecule has 12 heavy (non-hydrogen) atoms. The molecule has 2 nitrogen and oxygen atoms in total. The Labute approximate surface area is 84.5 Å². The molecule has 0 aromatic carbocycles. The van der Waals surface area contributed by atoms with E-state index < -0.39 is 0 Å². The highest BCUT2D eigenvalue weighted by Gasteiger charge is 2.14. The molecular weight excluding hydrogens is 236 g/mol. The number of rotatable bonds is 1. The van der Waals surface area contributed by atoms with Crippen LogP contribution < -0.4 is 4.90 Å². The lowest BCUT2D eigenvalue weighted by Crippen LogP contribution is -2.18. The Morgan fingerprint density at radius 3 is 3.17 bits per heavy atom. The van der Waals surface area contributed by atoms with E-state index in [0.717, 1.165) is 17.0 Å². The number of halogens is 1. The number of anilines is 1. The van der Waals surface area contributed by atoms with E-state index in [1.807, 2.05) is 17.8 Å². The molecule has 64 valence electrons. The molecule has 1 aliphatic heterocycles. The van der Waals surface area contributed by atoms with Crippen molar-refractivity contribution in [1.29, 1.82) is 0 Å². The van der Waals surface area contributed by atoms with E-state index in [9.17, 15) is 0 Å². The summed E-state index contributed by atoms with van der Waals surface area (Å²) in [6, 6.07) is 4.08. The first kappa shape index (κ1) is 8.38. The highest BCUT2D eigenvalue weighted by molar-refractivity contribution is 9.10. The number of nitrogens with zero attached hydrogens (tertiary/aromatic N) is 2. The Morgan fingerprint density at radius 1 is 1.58 bits per heavy atom. The van der Waals surface area contributed by atoms with Crippen LogP contribution in [0.15, 0.2) is 22.9 Å². The van der Waals surface area contributed by atoms with E-state index in [1.54, 1.807) is 6.20 Å². The van der Waals surface area contributed by atoms with Gasteiger partial charge in [0.05, 0.1) is 11.6 Å². The topological polar surface area (TPSA) is 16.1 Å². The van der Waals surface area contributed by atoms with Crippen LogP contribution in [0.25, 0.3) is 0 Å². The van der Waals surface area contributed by atoms with Gasteiger partial charge in [0.15, 0.2) is 0 Å². The molecular formula is C8H9BrN2S. The van der Waals surface area contributed by atoms with E-state index in [1.165, 1.54) is 11.4 Å². The molecule has 0 saturated carbocycles. The van der Waals surface area contributed by atoms with Gasteiger partial charge in [-0.3, -0.25) is 0 Å². The van der Waals surface area contributed by atoms with E-state index in [2.05, 4.69) is 31.9 Å². The van der Waals surface area contributed by atoms with Crippen molar-refractivity contribution in [1.82, 2.24) is 4.98 Å². The molecule has 0 unspecified atom stereocenters. The minimum Gasteiger partial charge on any atom is -0.359 e. The van der Waals surface area contributed by atoms with Crippen molar-refractivity contribution in [3.63, 3.8) is 0 Å². The van der Waals surface area contributed by atoms with Crippen LogP contribution in [0.3, 0.4) is 0 Å². The first-order valence-corrected chi connectivity index (χ1v) is 5.76. The molecule has 0 aliphatic carbocycles. The fourth-order valence-corrected chi connectivity index (χ4v) is 2.69. The van der Waals surface area contributed by atoms with Gasteiger partial charge in [0.2, 0.25) is 0 Å². The van der Waals surface area contributed by atoms with Gasteiger partial charge >= 0.3 is 0 Å². The Bertz CT molecular complexity index is 274. The zero-order valence-electron chi connectivity index (χ0n) is 6.53. The van der Waals surface area contributed by atoms with Crippen LogP contribution >= 0.6 is 27.7 Å². The van der Waals surface area contributed by atoms with Crippen molar-refractivity contribution in [2.75, 3.05) is 23.1 Å². The molecule has 0 bridgehead atoms. The standard InChI is InChI=1S/C8H9BrN2S/c9-8-7(2-1-3-10-8)11-4-5-12-6-11/h1-3H,4-6H2. The zero-order valence-corrected chi connectivity index (χ0v) is 8.94. The lowest BCUT2D eigenvalue weighted by Gasteiger charge is -2.16. The molecule has 0 N–H and O–H groups in total. The summed E-state index contributed by atoms with van der Waals surface area (Å²) in [7, 11) is 0. The minimum absolute atomic E-state index is 0.951. The lowest BCUT2D eigenvalue weighted by atomic mass is 10.4. The summed E-state index contributed by atoms with van der Waals surface area (Å²) in [5.74, 6) is 2.31. The van der Waals surface area contributed by atoms with Gasteiger partial charge in [0.1, 0.15) is 4.60 Å². The van der Waals surface area contributed by atoms with E-state index >= 15 is 0 Å². The molecule has 2 rings (SSSR count). The van der Waals surface area contributed by atoms with Crippen LogP contribution in [0.4, 0.5) is 5.69 Å². The quantitative estimate of drug-likeness (QED) is 0.706. The maximum atomic E-state index is 4.19. The molecule has 4 heteroatoms. The van der Waals surface area contributed by atoms with Gasteiger partial charge in [-0.15, -0.1) is 11.8 Å². The van der Waals surface area contributed by atoms with Gasteiger partial charge in [-0.05, 0) is 28.1 Å². The summed E-state index contributed by atoms with van der Waals surface area (Å²) < 4.78 is 0.951. The molecule has 1 aliphatic rings. The molecule has 1 saturated heterocycles. The fraction of sp³-hybridized carbons (Fsp3) is 0.375. The highest BCUT2D eigenvalue weighted by Crippen LogP contribution is 2.27. The van der Waals surface area contributed by atoms with Crippen LogP contribution in [-0.2, 0) is 0 Å². The molecule has 0 spiro atoms. The molecule has 0 radical (unpaired) electrons. The number of pyridine rings is 1. The average molecular weight is 245 g/mol. The first-order valence-electron chi connectivity index (χ1n) is 3.81. The highest BCUT2D eigenvalue weighted by atomic mass is 79.9. The van der Waals surface area contributed by atoms with Gasteiger partial charge in [-0.1, -0.05) is 0 Å². The second kappa shape index (κ2) is 3.66. The normalized spacial score (nSPS) is 16.9. The SMILES string of the molecule is Brc1ncccc1N1CCSC1. The van der Waals surface area contributed by atoms with Gasteiger partial charge in [0.25, 0.3) is 0 Å². The van der Waals surface area contributed by atoms with E-state index in [4.69, 9.17) is 0 Å². The minimum atomic E-state index is 0.951. The van der Waals surface area contributed by atoms with Gasteiger partial charge < -0.3 is 4.90 Å². The van der Waals surface area contributed by atoms with Crippen molar-refractivity contribution < 1.29 is 0 Å². The Kier molecular flexibility index (Phi) is 2.56. The van der Waals surface area contributed by atoms with Crippen molar-refractivity contribution >= 4 is 33.4 Å². The first-order chi connectivity index (χ1) is 5.88. The van der Waals surface area contributed by atoms with Crippen LogP contribution in [0, 0.1) is 0 Å². The summed E-state index contributed by atoms with van der Waals surface area (Å²) in [6.07, 6.45) is 1.80. The van der Waals surface area contributed by atoms with Gasteiger partial charge in [-0.2, -0.15) is 0 Å². The molecule has 2 heterocycles. The van der Waals surface area contributed by atoms with Crippen LogP contribution in [0.5, 0.6) is 0 Å². The monoisotopic (exact) mass is 244 g/mol. The maximum Gasteiger partial charge on any atom is 0.129 e. The Morgan fingerprint density at radius 2 is 2.50 bits per heavy atom. The predicted molar refractivity (Wildman–Crippen MR) is 56.6 cm³/mol. The molecule has 1 fully saturated rings.